The van der Waals surface area contributed by atoms with Gasteiger partial charge in [0.25, 0.3) is 0 Å². The van der Waals surface area contributed by atoms with E-state index in [0.29, 0.717) is 5.92 Å². The summed E-state index contributed by atoms with van der Waals surface area (Å²) in [5.74, 6) is 2.17. The maximum atomic E-state index is 9.19. The smallest absolute Gasteiger partial charge is 0.122 e. The number of hydrogen-bond donors (Lipinski definition) is 1. The van der Waals surface area contributed by atoms with Crippen molar-refractivity contribution in [3.63, 3.8) is 0 Å². The number of aliphatic hydroxyl groups is 1. The van der Waals surface area contributed by atoms with Crippen LogP contribution in [0.1, 0.15) is 37.2 Å². The van der Waals surface area contributed by atoms with Crippen LogP contribution in [0.5, 0.6) is 5.75 Å². The fourth-order valence-corrected chi connectivity index (χ4v) is 2.60. The van der Waals surface area contributed by atoms with Crippen LogP contribution >= 0.6 is 0 Å². The van der Waals surface area contributed by atoms with Crippen molar-refractivity contribution in [2.24, 2.45) is 5.92 Å². The first-order valence-corrected chi connectivity index (χ1v) is 6.10. The van der Waals surface area contributed by atoms with Gasteiger partial charge >= 0.3 is 0 Å². The lowest BCUT2D eigenvalue weighted by Gasteiger charge is -2.34. The molecule has 0 aliphatic heterocycles. The summed E-state index contributed by atoms with van der Waals surface area (Å²) in [5.41, 5.74) is 1.27. The number of para-hydroxylation sites is 1. The predicted molar refractivity (Wildman–Crippen MR) is 64.8 cm³/mol. The molecule has 0 heterocycles. The van der Waals surface area contributed by atoms with Crippen LogP contribution in [0, 0.1) is 5.92 Å². The van der Waals surface area contributed by atoms with Gasteiger partial charge in [0.15, 0.2) is 0 Å². The molecule has 2 nitrogen and oxygen atoms in total. The zero-order valence-corrected chi connectivity index (χ0v) is 9.86. The second kappa shape index (κ2) is 5.35. The van der Waals surface area contributed by atoms with Crippen LogP contribution in [0.4, 0.5) is 0 Å². The highest BCUT2D eigenvalue weighted by molar-refractivity contribution is 5.36. The molecule has 1 aliphatic carbocycles. The van der Waals surface area contributed by atoms with Crippen LogP contribution in [0.3, 0.4) is 0 Å². The van der Waals surface area contributed by atoms with E-state index in [1.807, 2.05) is 12.1 Å². The lowest BCUT2D eigenvalue weighted by molar-refractivity contribution is 0.203. The van der Waals surface area contributed by atoms with Crippen molar-refractivity contribution in [3.8, 4) is 5.75 Å². The Hall–Kier alpha value is -1.02. The maximum Gasteiger partial charge on any atom is 0.122 e. The van der Waals surface area contributed by atoms with Crippen molar-refractivity contribution in [1.82, 2.24) is 0 Å². The molecule has 0 radical (unpaired) electrons. The van der Waals surface area contributed by atoms with Gasteiger partial charge in [0.1, 0.15) is 5.75 Å². The molecule has 1 aromatic rings. The van der Waals surface area contributed by atoms with E-state index in [1.54, 1.807) is 7.11 Å². The first-order valence-electron chi connectivity index (χ1n) is 6.10. The molecule has 1 unspecified atom stereocenters. The Kier molecular flexibility index (Phi) is 3.83. The third-order valence-corrected chi connectivity index (χ3v) is 3.70. The molecule has 0 aromatic heterocycles. The van der Waals surface area contributed by atoms with Gasteiger partial charge < -0.3 is 9.84 Å². The summed E-state index contributed by atoms with van der Waals surface area (Å²) in [4.78, 5) is 0. The van der Waals surface area contributed by atoms with E-state index in [-0.39, 0.29) is 6.61 Å². The lowest BCUT2D eigenvalue weighted by Crippen LogP contribution is -2.21. The molecule has 1 atom stereocenters. The molecule has 1 aromatic carbocycles. The normalized spacial score (nSPS) is 17.9. The Labute approximate surface area is 97.3 Å². The van der Waals surface area contributed by atoms with Gasteiger partial charge in [-0.05, 0) is 42.7 Å². The highest BCUT2D eigenvalue weighted by atomic mass is 16.5. The predicted octanol–water partition coefficient (Wildman–Crippen LogP) is 2.96. The average molecular weight is 220 g/mol. The van der Waals surface area contributed by atoms with Gasteiger partial charge in [-0.25, -0.2) is 0 Å². The van der Waals surface area contributed by atoms with E-state index in [9.17, 15) is 5.11 Å². The molecule has 0 saturated heterocycles. The SMILES string of the molecule is COc1ccccc1C(CCO)C1CCC1. The van der Waals surface area contributed by atoms with E-state index < -0.39 is 0 Å². The zero-order chi connectivity index (χ0) is 11.4. The fourth-order valence-electron chi connectivity index (χ4n) is 2.60. The van der Waals surface area contributed by atoms with E-state index in [2.05, 4.69) is 12.1 Å². The molecule has 2 heteroatoms. The summed E-state index contributed by atoms with van der Waals surface area (Å²) in [6.45, 7) is 0.263. The average Bonchev–Trinajstić information content (AvgIpc) is 2.26. The summed E-state index contributed by atoms with van der Waals surface area (Å²) < 4.78 is 5.41. The quantitative estimate of drug-likeness (QED) is 0.826. The van der Waals surface area contributed by atoms with Gasteiger partial charge in [0, 0.05) is 6.61 Å². The number of rotatable bonds is 5. The fraction of sp³-hybridized carbons (Fsp3) is 0.571. The summed E-state index contributed by atoms with van der Waals surface area (Å²) >= 11 is 0. The molecule has 1 N–H and O–H groups in total. The molecule has 1 aliphatic rings. The van der Waals surface area contributed by atoms with Gasteiger partial charge in [0.05, 0.1) is 7.11 Å². The van der Waals surface area contributed by atoms with E-state index in [0.717, 1.165) is 18.1 Å². The highest BCUT2D eigenvalue weighted by Gasteiger charge is 2.29. The molecular formula is C14H20O2. The van der Waals surface area contributed by atoms with Crippen molar-refractivity contribution in [3.05, 3.63) is 29.8 Å². The van der Waals surface area contributed by atoms with Crippen LogP contribution in [0.15, 0.2) is 24.3 Å². The van der Waals surface area contributed by atoms with Crippen molar-refractivity contribution in [2.75, 3.05) is 13.7 Å². The highest BCUT2D eigenvalue weighted by Crippen LogP contribution is 2.43. The zero-order valence-electron chi connectivity index (χ0n) is 9.86. The first kappa shape index (κ1) is 11.5. The molecule has 88 valence electrons. The number of hydrogen-bond acceptors (Lipinski definition) is 2. The summed E-state index contributed by atoms with van der Waals surface area (Å²) in [6.07, 6.45) is 4.78. The van der Waals surface area contributed by atoms with Crippen molar-refractivity contribution < 1.29 is 9.84 Å². The minimum atomic E-state index is 0.263. The summed E-state index contributed by atoms with van der Waals surface area (Å²) in [6, 6.07) is 8.20. The molecular weight excluding hydrogens is 200 g/mol. The number of aliphatic hydroxyl groups excluding tert-OH is 1. The molecule has 2 rings (SSSR count). The minimum absolute atomic E-state index is 0.263. The van der Waals surface area contributed by atoms with Crippen LogP contribution in [0.2, 0.25) is 0 Å². The third-order valence-electron chi connectivity index (χ3n) is 3.70. The van der Waals surface area contributed by atoms with Gasteiger partial charge in [-0.1, -0.05) is 24.6 Å². The Bertz CT molecular complexity index is 331. The lowest BCUT2D eigenvalue weighted by atomic mass is 9.71. The monoisotopic (exact) mass is 220 g/mol. The Morgan fingerprint density at radius 2 is 2.12 bits per heavy atom. The van der Waals surface area contributed by atoms with Crippen LogP contribution in [-0.2, 0) is 0 Å². The minimum Gasteiger partial charge on any atom is -0.496 e. The maximum absolute atomic E-state index is 9.19. The second-order valence-corrected chi connectivity index (χ2v) is 4.55. The molecule has 1 fully saturated rings. The van der Waals surface area contributed by atoms with Gasteiger partial charge in [0.2, 0.25) is 0 Å². The second-order valence-electron chi connectivity index (χ2n) is 4.55. The summed E-state index contributed by atoms with van der Waals surface area (Å²) in [7, 11) is 1.72. The largest absolute Gasteiger partial charge is 0.496 e. The topological polar surface area (TPSA) is 29.5 Å². The summed E-state index contributed by atoms with van der Waals surface area (Å²) in [5, 5.41) is 9.19. The van der Waals surface area contributed by atoms with Gasteiger partial charge in [-0.2, -0.15) is 0 Å². The van der Waals surface area contributed by atoms with E-state index >= 15 is 0 Å². The van der Waals surface area contributed by atoms with Crippen LogP contribution in [0.25, 0.3) is 0 Å². The van der Waals surface area contributed by atoms with E-state index in [1.165, 1.54) is 24.8 Å². The van der Waals surface area contributed by atoms with E-state index in [4.69, 9.17) is 4.74 Å². The van der Waals surface area contributed by atoms with Crippen molar-refractivity contribution >= 4 is 0 Å². The van der Waals surface area contributed by atoms with Crippen LogP contribution in [-0.4, -0.2) is 18.8 Å². The Morgan fingerprint density at radius 1 is 1.38 bits per heavy atom. The Morgan fingerprint density at radius 3 is 2.69 bits per heavy atom. The first-order chi connectivity index (χ1) is 7.86. The molecule has 1 saturated carbocycles. The van der Waals surface area contributed by atoms with Crippen molar-refractivity contribution in [1.29, 1.82) is 0 Å². The number of ether oxygens (including phenoxy) is 1. The standard InChI is InChI=1S/C14H20O2/c1-16-14-8-3-2-7-13(14)12(9-10-15)11-5-4-6-11/h2-3,7-8,11-12,15H,4-6,9-10H2,1H3. The van der Waals surface area contributed by atoms with Crippen molar-refractivity contribution in [2.45, 2.75) is 31.6 Å². The molecule has 0 bridgehead atoms. The molecule has 16 heavy (non-hydrogen) atoms. The van der Waals surface area contributed by atoms with Gasteiger partial charge in [-0.15, -0.1) is 0 Å². The number of methoxy groups -OCH3 is 1. The number of benzene rings is 1. The van der Waals surface area contributed by atoms with Crippen LogP contribution < -0.4 is 4.74 Å². The molecule has 0 spiro atoms. The Balaban J connectivity index is 2.22. The van der Waals surface area contributed by atoms with Gasteiger partial charge in [-0.3, -0.25) is 0 Å². The molecule has 0 amide bonds. The third kappa shape index (κ3) is 2.22.